The van der Waals surface area contributed by atoms with Crippen LogP contribution in [0.15, 0.2) is 29.6 Å². The fourth-order valence-electron chi connectivity index (χ4n) is 3.53. The lowest BCUT2D eigenvalue weighted by atomic mass is 9.91. The Morgan fingerprint density at radius 2 is 2.15 bits per heavy atom. The van der Waals surface area contributed by atoms with E-state index in [1.165, 1.54) is 28.6 Å². The highest BCUT2D eigenvalue weighted by Gasteiger charge is 2.45. The summed E-state index contributed by atoms with van der Waals surface area (Å²) >= 11 is 1.83. The second-order valence-electron chi connectivity index (χ2n) is 6.69. The summed E-state index contributed by atoms with van der Waals surface area (Å²) in [6, 6.07) is 9.74. The van der Waals surface area contributed by atoms with Gasteiger partial charge in [-0.05, 0) is 67.6 Å². The average Bonchev–Trinajstić information content (AvgIpc) is 3.21. The van der Waals surface area contributed by atoms with E-state index < -0.39 is 0 Å². The maximum absolute atomic E-state index is 3.80. The smallest absolute Gasteiger partial charge is 0.0387 e. The highest BCUT2D eigenvalue weighted by molar-refractivity contribution is 7.17. The summed E-state index contributed by atoms with van der Waals surface area (Å²) in [5.74, 6) is 0.877. The van der Waals surface area contributed by atoms with E-state index in [2.05, 4.69) is 53.7 Å². The van der Waals surface area contributed by atoms with Gasteiger partial charge in [0, 0.05) is 35.1 Å². The van der Waals surface area contributed by atoms with Crippen molar-refractivity contribution >= 4 is 27.1 Å². The number of fused-ring (bicyclic) bond motifs is 1. The molecule has 0 amide bonds. The van der Waals surface area contributed by atoms with Gasteiger partial charge in [-0.3, -0.25) is 0 Å². The lowest BCUT2D eigenvalue weighted by Crippen LogP contribution is -2.63. The molecule has 0 bridgehead atoms. The third kappa shape index (κ3) is 2.04. The number of thiophene rings is 1. The summed E-state index contributed by atoms with van der Waals surface area (Å²) in [5, 5.41) is 7.36. The molecular weight excluding hydrogens is 264 g/mol. The number of benzene rings is 1. The van der Waals surface area contributed by atoms with Gasteiger partial charge in [-0.2, -0.15) is 0 Å². The first-order valence-corrected chi connectivity index (χ1v) is 8.53. The van der Waals surface area contributed by atoms with E-state index in [1.54, 1.807) is 0 Å². The molecule has 2 aromatic rings. The van der Waals surface area contributed by atoms with Crippen LogP contribution in [0.25, 0.3) is 10.1 Å². The quantitative estimate of drug-likeness (QED) is 0.901. The second-order valence-corrected chi connectivity index (χ2v) is 7.64. The summed E-state index contributed by atoms with van der Waals surface area (Å²) in [6.07, 6.45) is 2.80. The molecule has 1 saturated carbocycles. The number of hydrogen-bond acceptors (Lipinski definition) is 3. The van der Waals surface area contributed by atoms with Crippen LogP contribution in [0, 0.1) is 5.92 Å². The number of anilines is 1. The van der Waals surface area contributed by atoms with E-state index >= 15 is 0 Å². The van der Waals surface area contributed by atoms with Crippen molar-refractivity contribution in [3.8, 4) is 0 Å². The van der Waals surface area contributed by atoms with Crippen LogP contribution in [0.3, 0.4) is 0 Å². The summed E-state index contributed by atoms with van der Waals surface area (Å²) < 4.78 is 1.39. The summed E-state index contributed by atoms with van der Waals surface area (Å²) in [5.41, 5.74) is 1.69. The molecule has 106 valence electrons. The first-order chi connectivity index (χ1) is 9.66. The van der Waals surface area contributed by atoms with Crippen molar-refractivity contribution in [1.29, 1.82) is 0 Å². The molecule has 4 rings (SSSR count). The molecule has 2 fully saturated rings. The first kappa shape index (κ1) is 12.7. The predicted molar refractivity (Wildman–Crippen MR) is 87.8 cm³/mol. The van der Waals surface area contributed by atoms with Crippen LogP contribution in [0.5, 0.6) is 0 Å². The van der Waals surface area contributed by atoms with E-state index in [-0.39, 0.29) is 0 Å². The lowest BCUT2D eigenvalue weighted by Gasteiger charge is -2.47. The van der Waals surface area contributed by atoms with Crippen molar-refractivity contribution in [3.05, 3.63) is 29.6 Å². The molecule has 1 N–H and O–H groups in total. The molecule has 1 aliphatic carbocycles. The molecule has 1 aromatic heterocycles. The van der Waals surface area contributed by atoms with Gasteiger partial charge < -0.3 is 10.2 Å². The van der Waals surface area contributed by atoms with Crippen molar-refractivity contribution in [2.75, 3.05) is 18.0 Å². The SMILES string of the molecule is CC1CNC(C)(C2CC2)CN1c1ccc2sccc2c1. The third-order valence-electron chi connectivity index (χ3n) is 5.08. The van der Waals surface area contributed by atoms with Gasteiger partial charge in [0.25, 0.3) is 0 Å². The summed E-state index contributed by atoms with van der Waals surface area (Å²) in [7, 11) is 0. The van der Waals surface area contributed by atoms with Crippen molar-refractivity contribution < 1.29 is 0 Å². The van der Waals surface area contributed by atoms with E-state index in [0.29, 0.717) is 11.6 Å². The van der Waals surface area contributed by atoms with E-state index in [1.807, 2.05) is 11.3 Å². The van der Waals surface area contributed by atoms with Gasteiger partial charge in [0.15, 0.2) is 0 Å². The normalized spacial score (nSPS) is 30.9. The van der Waals surface area contributed by atoms with Gasteiger partial charge >= 0.3 is 0 Å². The number of hydrogen-bond donors (Lipinski definition) is 1. The van der Waals surface area contributed by atoms with Gasteiger partial charge in [-0.1, -0.05) is 0 Å². The molecule has 1 aliphatic heterocycles. The molecule has 2 unspecified atom stereocenters. The Bertz CT molecular complexity index is 631. The highest BCUT2D eigenvalue weighted by Crippen LogP contribution is 2.42. The zero-order valence-corrected chi connectivity index (χ0v) is 13.0. The minimum absolute atomic E-state index is 0.302. The Balaban J connectivity index is 1.67. The maximum Gasteiger partial charge on any atom is 0.0387 e. The van der Waals surface area contributed by atoms with E-state index in [4.69, 9.17) is 0 Å². The standard InChI is InChI=1S/C17H22N2S/c1-12-10-18-17(2,14-3-4-14)11-19(12)15-5-6-16-13(9-15)7-8-20-16/h5-9,12,14,18H,3-4,10-11H2,1-2H3. The maximum atomic E-state index is 3.80. The van der Waals surface area contributed by atoms with Crippen LogP contribution < -0.4 is 10.2 Å². The second kappa shape index (κ2) is 4.47. The lowest BCUT2D eigenvalue weighted by molar-refractivity contribution is 0.261. The zero-order valence-electron chi connectivity index (χ0n) is 12.2. The molecule has 2 heterocycles. The molecule has 2 nitrogen and oxygen atoms in total. The van der Waals surface area contributed by atoms with E-state index in [9.17, 15) is 0 Å². The predicted octanol–water partition coefficient (Wildman–Crippen LogP) is 3.87. The number of nitrogens with one attached hydrogen (secondary N) is 1. The Hall–Kier alpha value is -1.06. The van der Waals surface area contributed by atoms with Crippen molar-refractivity contribution in [2.24, 2.45) is 5.92 Å². The Morgan fingerprint density at radius 1 is 1.30 bits per heavy atom. The van der Waals surface area contributed by atoms with Crippen molar-refractivity contribution in [3.63, 3.8) is 0 Å². The molecule has 2 atom stereocenters. The van der Waals surface area contributed by atoms with Crippen molar-refractivity contribution in [2.45, 2.75) is 38.3 Å². The molecule has 0 radical (unpaired) electrons. The number of piperazine rings is 1. The first-order valence-electron chi connectivity index (χ1n) is 7.65. The van der Waals surface area contributed by atoms with Crippen LogP contribution >= 0.6 is 11.3 Å². The fourth-order valence-corrected chi connectivity index (χ4v) is 4.30. The fraction of sp³-hybridized carbons (Fsp3) is 0.529. The van der Waals surface area contributed by atoms with Crippen LogP contribution in [0.4, 0.5) is 5.69 Å². The number of nitrogens with zero attached hydrogens (tertiary/aromatic N) is 1. The van der Waals surface area contributed by atoms with Gasteiger partial charge in [-0.15, -0.1) is 11.3 Å². The molecule has 1 saturated heterocycles. The average molecular weight is 286 g/mol. The summed E-state index contributed by atoms with van der Waals surface area (Å²) in [4.78, 5) is 2.60. The molecule has 2 aliphatic rings. The van der Waals surface area contributed by atoms with Crippen LogP contribution in [0.1, 0.15) is 26.7 Å². The Kier molecular flexibility index (Phi) is 2.83. The Morgan fingerprint density at radius 3 is 2.95 bits per heavy atom. The third-order valence-corrected chi connectivity index (χ3v) is 5.98. The zero-order chi connectivity index (χ0) is 13.7. The molecule has 3 heteroatoms. The number of rotatable bonds is 2. The van der Waals surface area contributed by atoms with Gasteiger partial charge in [-0.25, -0.2) is 0 Å². The van der Waals surface area contributed by atoms with Crippen LogP contribution in [-0.4, -0.2) is 24.7 Å². The molecule has 1 aromatic carbocycles. The van der Waals surface area contributed by atoms with Gasteiger partial charge in [0.1, 0.15) is 0 Å². The van der Waals surface area contributed by atoms with Crippen LogP contribution in [0.2, 0.25) is 0 Å². The monoisotopic (exact) mass is 286 g/mol. The topological polar surface area (TPSA) is 15.3 Å². The molecular formula is C17H22N2S. The van der Waals surface area contributed by atoms with Crippen LogP contribution in [-0.2, 0) is 0 Å². The van der Waals surface area contributed by atoms with Crippen molar-refractivity contribution in [1.82, 2.24) is 5.32 Å². The highest BCUT2D eigenvalue weighted by atomic mass is 32.1. The van der Waals surface area contributed by atoms with Gasteiger partial charge in [0.2, 0.25) is 0 Å². The minimum Gasteiger partial charge on any atom is -0.366 e. The molecule has 20 heavy (non-hydrogen) atoms. The Labute approximate surface area is 124 Å². The van der Waals surface area contributed by atoms with Gasteiger partial charge in [0.05, 0.1) is 0 Å². The minimum atomic E-state index is 0.302. The largest absolute Gasteiger partial charge is 0.366 e. The van der Waals surface area contributed by atoms with E-state index in [0.717, 1.165) is 19.0 Å². The summed E-state index contributed by atoms with van der Waals surface area (Å²) in [6.45, 7) is 6.97. The molecule has 0 spiro atoms.